The smallest absolute Gasteiger partial charge is 0.152 e. The highest BCUT2D eigenvalue weighted by molar-refractivity contribution is 7.91. The first-order valence-corrected chi connectivity index (χ1v) is 7.00. The molecular weight excluding hydrogens is 224 g/mol. The minimum absolute atomic E-state index is 0.00678. The Kier molecular flexibility index (Phi) is 4.04. The number of pyridine rings is 1. The summed E-state index contributed by atoms with van der Waals surface area (Å²) in [5.74, 6) is 0.109. The van der Waals surface area contributed by atoms with Gasteiger partial charge in [-0.05, 0) is 26.0 Å². The predicted octanol–water partition coefficient (Wildman–Crippen LogP) is 0.776. The third kappa shape index (κ3) is 5.23. The first-order valence-electron chi connectivity index (χ1n) is 5.18. The van der Waals surface area contributed by atoms with Crippen molar-refractivity contribution in [1.29, 1.82) is 0 Å². The topological polar surface area (TPSA) is 73.1 Å². The molecular formula is C11H18N2O2S. The molecule has 1 heterocycles. The zero-order chi connectivity index (χ0) is 12.2. The van der Waals surface area contributed by atoms with Gasteiger partial charge in [-0.25, -0.2) is 8.42 Å². The molecule has 0 aromatic carbocycles. The SMILES string of the molecule is CC(C)(N)CS(=O)(=O)CCc1ccccn1. The van der Waals surface area contributed by atoms with Gasteiger partial charge in [-0.15, -0.1) is 0 Å². The van der Waals surface area contributed by atoms with Gasteiger partial charge in [-0.1, -0.05) is 6.07 Å². The fourth-order valence-electron chi connectivity index (χ4n) is 1.45. The summed E-state index contributed by atoms with van der Waals surface area (Å²) in [6.45, 7) is 3.43. The zero-order valence-electron chi connectivity index (χ0n) is 9.68. The fourth-order valence-corrected chi connectivity index (χ4v) is 3.24. The van der Waals surface area contributed by atoms with Crippen molar-refractivity contribution in [3.05, 3.63) is 30.1 Å². The number of nitrogens with zero attached hydrogens (tertiary/aromatic N) is 1. The van der Waals surface area contributed by atoms with Crippen molar-refractivity contribution < 1.29 is 8.42 Å². The van der Waals surface area contributed by atoms with E-state index in [0.717, 1.165) is 5.69 Å². The fraction of sp³-hybridized carbons (Fsp3) is 0.545. The van der Waals surface area contributed by atoms with Crippen LogP contribution < -0.4 is 5.73 Å². The Morgan fingerprint density at radius 1 is 1.38 bits per heavy atom. The number of nitrogens with two attached hydrogens (primary N) is 1. The maximum atomic E-state index is 11.7. The average Bonchev–Trinajstić information content (AvgIpc) is 2.13. The predicted molar refractivity (Wildman–Crippen MR) is 64.9 cm³/mol. The first-order chi connectivity index (χ1) is 7.29. The number of hydrogen-bond donors (Lipinski definition) is 1. The van der Waals surface area contributed by atoms with Gasteiger partial charge in [-0.2, -0.15) is 0 Å². The molecule has 0 aliphatic carbocycles. The van der Waals surface area contributed by atoms with Gasteiger partial charge in [0.25, 0.3) is 0 Å². The second-order valence-electron chi connectivity index (χ2n) is 4.65. The molecule has 0 saturated carbocycles. The average molecular weight is 242 g/mol. The highest BCUT2D eigenvalue weighted by Gasteiger charge is 2.21. The third-order valence-electron chi connectivity index (χ3n) is 1.99. The molecule has 1 rings (SSSR count). The Morgan fingerprint density at radius 2 is 2.06 bits per heavy atom. The van der Waals surface area contributed by atoms with Crippen molar-refractivity contribution in [2.24, 2.45) is 5.73 Å². The van der Waals surface area contributed by atoms with Crippen LogP contribution in [0.3, 0.4) is 0 Å². The van der Waals surface area contributed by atoms with Crippen molar-refractivity contribution in [2.45, 2.75) is 25.8 Å². The maximum absolute atomic E-state index is 11.7. The molecule has 0 fully saturated rings. The lowest BCUT2D eigenvalue weighted by atomic mass is 10.1. The quantitative estimate of drug-likeness (QED) is 0.828. The van der Waals surface area contributed by atoms with E-state index in [0.29, 0.717) is 6.42 Å². The Bertz CT molecular complexity index is 421. The molecule has 0 unspecified atom stereocenters. The largest absolute Gasteiger partial charge is 0.325 e. The molecule has 2 N–H and O–H groups in total. The van der Waals surface area contributed by atoms with E-state index in [1.54, 1.807) is 26.1 Å². The second-order valence-corrected chi connectivity index (χ2v) is 6.84. The van der Waals surface area contributed by atoms with Gasteiger partial charge in [-0.3, -0.25) is 4.98 Å². The Morgan fingerprint density at radius 3 is 2.56 bits per heavy atom. The minimum atomic E-state index is -3.10. The lowest BCUT2D eigenvalue weighted by molar-refractivity contribution is 0.544. The van der Waals surface area contributed by atoms with Crippen molar-refractivity contribution in [3.63, 3.8) is 0 Å². The molecule has 0 saturated heterocycles. The lowest BCUT2D eigenvalue weighted by Crippen LogP contribution is -2.40. The van der Waals surface area contributed by atoms with E-state index in [9.17, 15) is 8.42 Å². The lowest BCUT2D eigenvalue weighted by Gasteiger charge is -2.17. The highest BCUT2D eigenvalue weighted by atomic mass is 32.2. The molecule has 0 radical (unpaired) electrons. The summed E-state index contributed by atoms with van der Waals surface area (Å²) < 4.78 is 23.4. The number of rotatable bonds is 5. The molecule has 16 heavy (non-hydrogen) atoms. The van der Waals surface area contributed by atoms with E-state index in [-0.39, 0.29) is 11.5 Å². The molecule has 0 aliphatic heterocycles. The molecule has 0 bridgehead atoms. The van der Waals surface area contributed by atoms with Crippen LogP contribution in [0.15, 0.2) is 24.4 Å². The summed E-state index contributed by atoms with van der Waals surface area (Å²) in [7, 11) is -3.10. The van der Waals surface area contributed by atoms with Crippen LogP contribution in [0.4, 0.5) is 0 Å². The summed E-state index contributed by atoms with van der Waals surface area (Å²) in [6, 6.07) is 5.48. The van der Waals surface area contributed by atoms with E-state index in [2.05, 4.69) is 4.98 Å². The molecule has 4 nitrogen and oxygen atoms in total. The van der Waals surface area contributed by atoms with E-state index in [4.69, 9.17) is 5.73 Å². The van der Waals surface area contributed by atoms with Gasteiger partial charge in [0.1, 0.15) is 0 Å². The number of sulfone groups is 1. The summed E-state index contributed by atoms with van der Waals surface area (Å²) in [6.07, 6.45) is 2.11. The van der Waals surface area contributed by atoms with Crippen molar-refractivity contribution >= 4 is 9.84 Å². The zero-order valence-corrected chi connectivity index (χ0v) is 10.5. The molecule has 0 amide bonds. The Hall–Kier alpha value is -0.940. The van der Waals surface area contributed by atoms with E-state index in [1.807, 2.05) is 12.1 Å². The molecule has 0 spiro atoms. The summed E-state index contributed by atoms with van der Waals surface area (Å²) in [5, 5.41) is 0. The summed E-state index contributed by atoms with van der Waals surface area (Å²) in [5.41, 5.74) is 5.81. The maximum Gasteiger partial charge on any atom is 0.152 e. The number of aryl methyl sites for hydroxylation is 1. The first kappa shape index (κ1) is 13.1. The third-order valence-corrected chi connectivity index (χ3v) is 4.00. The molecule has 1 aromatic rings. The van der Waals surface area contributed by atoms with Crippen LogP contribution in [0.2, 0.25) is 0 Å². The van der Waals surface area contributed by atoms with Gasteiger partial charge < -0.3 is 5.73 Å². The molecule has 90 valence electrons. The van der Waals surface area contributed by atoms with Crippen LogP contribution in [0.25, 0.3) is 0 Å². The Balaban J connectivity index is 2.56. The second kappa shape index (κ2) is 4.93. The molecule has 1 aromatic heterocycles. The van der Waals surface area contributed by atoms with E-state index >= 15 is 0 Å². The van der Waals surface area contributed by atoms with E-state index < -0.39 is 15.4 Å². The van der Waals surface area contributed by atoms with Crippen molar-refractivity contribution in [1.82, 2.24) is 4.98 Å². The van der Waals surface area contributed by atoms with Gasteiger partial charge in [0.05, 0.1) is 11.5 Å². The van der Waals surface area contributed by atoms with Crippen LogP contribution >= 0.6 is 0 Å². The van der Waals surface area contributed by atoms with Crippen LogP contribution in [-0.2, 0) is 16.3 Å². The van der Waals surface area contributed by atoms with Gasteiger partial charge >= 0.3 is 0 Å². The minimum Gasteiger partial charge on any atom is -0.325 e. The van der Waals surface area contributed by atoms with Crippen LogP contribution in [0.5, 0.6) is 0 Å². The van der Waals surface area contributed by atoms with Gasteiger partial charge in [0, 0.05) is 23.9 Å². The number of hydrogen-bond acceptors (Lipinski definition) is 4. The standard InChI is InChI=1S/C11H18N2O2S/c1-11(2,12)9-16(14,15)8-6-10-5-3-4-7-13-10/h3-5,7H,6,8-9,12H2,1-2H3. The number of aromatic nitrogens is 1. The van der Waals surface area contributed by atoms with E-state index in [1.165, 1.54) is 0 Å². The highest BCUT2D eigenvalue weighted by Crippen LogP contribution is 2.06. The normalized spacial score (nSPS) is 12.7. The molecule has 5 heteroatoms. The van der Waals surface area contributed by atoms with Crippen LogP contribution in [-0.4, -0.2) is 30.4 Å². The van der Waals surface area contributed by atoms with Crippen molar-refractivity contribution in [2.75, 3.05) is 11.5 Å². The van der Waals surface area contributed by atoms with Gasteiger partial charge in [0.2, 0.25) is 0 Å². The van der Waals surface area contributed by atoms with Gasteiger partial charge in [0.15, 0.2) is 9.84 Å². The monoisotopic (exact) mass is 242 g/mol. The van der Waals surface area contributed by atoms with Crippen LogP contribution in [0, 0.1) is 0 Å². The molecule has 0 aliphatic rings. The Labute approximate surface area is 96.8 Å². The van der Waals surface area contributed by atoms with Crippen molar-refractivity contribution in [3.8, 4) is 0 Å². The van der Waals surface area contributed by atoms with Crippen LogP contribution in [0.1, 0.15) is 19.5 Å². The summed E-state index contributed by atoms with van der Waals surface area (Å²) >= 11 is 0. The molecule has 0 atom stereocenters. The summed E-state index contributed by atoms with van der Waals surface area (Å²) in [4.78, 5) is 4.08.